The van der Waals surface area contributed by atoms with E-state index in [9.17, 15) is 10.1 Å². The van der Waals surface area contributed by atoms with Gasteiger partial charge in [-0.1, -0.05) is 12.1 Å². The van der Waals surface area contributed by atoms with Crippen LogP contribution in [-0.4, -0.2) is 9.91 Å². The number of nitrogens with zero attached hydrogens (tertiary/aromatic N) is 3. The van der Waals surface area contributed by atoms with Gasteiger partial charge >= 0.3 is 0 Å². The second kappa shape index (κ2) is 5.06. The van der Waals surface area contributed by atoms with Gasteiger partial charge in [0, 0.05) is 18.3 Å². The topological polar surface area (TPSA) is 79.8 Å². The van der Waals surface area contributed by atoms with E-state index in [1.807, 2.05) is 12.1 Å². The van der Waals surface area contributed by atoms with Gasteiger partial charge in [-0.2, -0.15) is 5.26 Å². The minimum atomic E-state index is -0.427. The molecule has 0 saturated heterocycles. The summed E-state index contributed by atoms with van der Waals surface area (Å²) in [7, 11) is 0. The molecule has 0 spiro atoms. The van der Waals surface area contributed by atoms with Crippen LogP contribution in [0.5, 0.6) is 0 Å². The molecule has 0 N–H and O–H groups in total. The monoisotopic (exact) mass is 239 g/mol. The Morgan fingerprint density at radius 2 is 1.94 bits per heavy atom. The van der Waals surface area contributed by atoms with Crippen molar-refractivity contribution in [2.45, 2.75) is 6.42 Å². The molecule has 0 atom stereocenters. The number of hydrogen-bond acceptors (Lipinski definition) is 4. The van der Waals surface area contributed by atoms with E-state index in [4.69, 9.17) is 5.26 Å². The Morgan fingerprint density at radius 3 is 2.56 bits per heavy atom. The van der Waals surface area contributed by atoms with Gasteiger partial charge in [0.2, 0.25) is 0 Å². The van der Waals surface area contributed by atoms with Crippen LogP contribution in [0.4, 0.5) is 5.69 Å². The molecule has 0 aliphatic heterocycles. The van der Waals surface area contributed by atoms with Crippen molar-refractivity contribution in [3.63, 3.8) is 0 Å². The zero-order valence-corrected chi connectivity index (χ0v) is 9.41. The summed E-state index contributed by atoms with van der Waals surface area (Å²) >= 11 is 0. The number of nitro groups is 1. The number of nitro benzene ring substituents is 1. The van der Waals surface area contributed by atoms with Crippen LogP contribution in [0.3, 0.4) is 0 Å². The Hall–Kier alpha value is -2.74. The first-order valence-corrected chi connectivity index (χ1v) is 5.27. The van der Waals surface area contributed by atoms with Gasteiger partial charge in [-0.05, 0) is 29.7 Å². The van der Waals surface area contributed by atoms with Gasteiger partial charge in [-0.3, -0.25) is 10.1 Å². The third-order valence-electron chi connectivity index (χ3n) is 2.49. The molecule has 1 heterocycles. The van der Waals surface area contributed by atoms with E-state index < -0.39 is 4.92 Å². The molecule has 18 heavy (non-hydrogen) atoms. The highest BCUT2D eigenvalue weighted by molar-refractivity contribution is 5.36. The van der Waals surface area contributed by atoms with Crippen LogP contribution < -0.4 is 0 Å². The molecule has 1 aromatic carbocycles. The first-order valence-electron chi connectivity index (χ1n) is 5.27. The summed E-state index contributed by atoms with van der Waals surface area (Å²) in [5.41, 5.74) is 2.35. The molecule has 0 aliphatic carbocycles. The summed E-state index contributed by atoms with van der Waals surface area (Å²) in [5, 5.41) is 19.3. The van der Waals surface area contributed by atoms with E-state index in [0.717, 1.165) is 11.1 Å². The van der Waals surface area contributed by atoms with Crippen LogP contribution >= 0.6 is 0 Å². The molecule has 5 heteroatoms. The van der Waals surface area contributed by atoms with Crippen LogP contribution in [0.1, 0.15) is 16.8 Å². The molecule has 0 fully saturated rings. The third-order valence-corrected chi connectivity index (χ3v) is 2.49. The number of pyridine rings is 1. The number of nitriles is 1. The second-order valence-electron chi connectivity index (χ2n) is 3.76. The van der Waals surface area contributed by atoms with Crippen molar-refractivity contribution < 1.29 is 4.92 Å². The maximum Gasteiger partial charge on any atom is 0.269 e. The number of aromatic nitrogens is 1. The van der Waals surface area contributed by atoms with Gasteiger partial charge < -0.3 is 0 Å². The first kappa shape index (κ1) is 11.7. The van der Waals surface area contributed by atoms with E-state index in [-0.39, 0.29) is 5.69 Å². The van der Waals surface area contributed by atoms with Gasteiger partial charge in [-0.25, -0.2) is 4.98 Å². The maximum absolute atomic E-state index is 10.5. The lowest BCUT2D eigenvalue weighted by molar-refractivity contribution is -0.384. The Balaban J connectivity index is 2.18. The molecule has 0 amide bonds. The van der Waals surface area contributed by atoms with E-state index in [1.54, 1.807) is 24.4 Å². The SMILES string of the molecule is N#Cc1cc(Cc2ccc([N+](=O)[O-])cc2)ccn1. The number of non-ortho nitro benzene ring substituents is 1. The molecule has 0 bridgehead atoms. The Bertz CT molecular complexity index is 615. The van der Waals surface area contributed by atoms with Crippen molar-refractivity contribution >= 4 is 5.69 Å². The Labute approximate surface area is 103 Å². The lowest BCUT2D eigenvalue weighted by Crippen LogP contribution is -1.92. The predicted molar refractivity (Wildman–Crippen MR) is 64.9 cm³/mol. The fourth-order valence-corrected chi connectivity index (χ4v) is 1.62. The van der Waals surface area contributed by atoms with Gasteiger partial charge in [0.1, 0.15) is 11.8 Å². The standard InChI is InChI=1S/C13H9N3O2/c14-9-12-8-11(5-6-15-12)7-10-1-3-13(4-2-10)16(17)18/h1-6,8H,7H2. The molecule has 0 saturated carbocycles. The van der Waals surface area contributed by atoms with Crippen molar-refractivity contribution in [2.75, 3.05) is 0 Å². The zero-order valence-electron chi connectivity index (χ0n) is 9.41. The molecule has 2 aromatic rings. The maximum atomic E-state index is 10.5. The van der Waals surface area contributed by atoms with E-state index >= 15 is 0 Å². The average Bonchev–Trinajstić information content (AvgIpc) is 2.39. The van der Waals surface area contributed by atoms with Crippen LogP contribution in [-0.2, 0) is 6.42 Å². The highest BCUT2D eigenvalue weighted by atomic mass is 16.6. The molecule has 0 radical (unpaired) electrons. The molecule has 88 valence electrons. The van der Waals surface area contributed by atoms with Crippen molar-refractivity contribution in [1.29, 1.82) is 5.26 Å². The molecular weight excluding hydrogens is 230 g/mol. The molecule has 5 nitrogen and oxygen atoms in total. The highest BCUT2D eigenvalue weighted by Gasteiger charge is 2.04. The van der Waals surface area contributed by atoms with Crippen molar-refractivity contribution in [3.8, 4) is 6.07 Å². The smallest absolute Gasteiger partial charge is 0.258 e. The molecule has 0 unspecified atom stereocenters. The lowest BCUT2D eigenvalue weighted by atomic mass is 10.1. The second-order valence-corrected chi connectivity index (χ2v) is 3.76. The van der Waals surface area contributed by atoms with Crippen molar-refractivity contribution in [2.24, 2.45) is 0 Å². The normalized spacial score (nSPS) is 9.72. The fraction of sp³-hybridized carbons (Fsp3) is 0.0769. The molecular formula is C13H9N3O2. The van der Waals surface area contributed by atoms with Gasteiger partial charge in [0.05, 0.1) is 4.92 Å². The third kappa shape index (κ3) is 2.68. The fourth-order valence-electron chi connectivity index (χ4n) is 1.62. The molecule has 0 aliphatic rings. The lowest BCUT2D eigenvalue weighted by Gasteiger charge is -2.01. The van der Waals surface area contributed by atoms with E-state index in [1.165, 1.54) is 12.1 Å². The minimum absolute atomic E-state index is 0.0752. The summed E-state index contributed by atoms with van der Waals surface area (Å²) < 4.78 is 0. The average molecular weight is 239 g/mol. The van der Waals surface area contributed by atoms with Crippen molar-refractivity contribution in [1.82, 2.24) is 4.98 Å². The summed E-state index contributed by atoms with van der Waals surface area (Å²) in [5.74, 6) is 0. The highest BCUT2D eigenvalue weighted by Crippen LogP contribution is 2.15. The van der Waals surface area contributed by atoms with Crippen LogP contribution in [0.15, 0.2) is 42.6 Å². The summed E-state index contributed by atoms with van der Waals surface area (Å²) in [6.07, 6.45) is 2.20. The molecule has 1 aromatic heterocycles. The predicted octanol–water partition coefficient (Wildman–Crippen LogP) is 2.45. The van der Waals surface area contributed by atoms with Crippen molar-refractivity contribution in [3.05, 3.63) is 69.5 Å². The number of benzene rings is 1. The Kier molecular flexibility index (Phi) is 3.30. The minimum Gasteiger partial charge on any atom is -0.258 e. The summed E-state index contributed by atoms with van der Waals surface area (Å²) in [4.78, 5) is 14.0. The summed E-state index contributed by atoms with van der Waals surface area (Å²) in [6.45, 7) is 0. The number of rotatable bonds is 3. The Morgan fingerprint density at radius 1 is 1.22 bits per heavy atom. The van der Waals surface area contributed by atoms with Crippen LogP contribution in [0, 0.1) is 21.4 Å². The van der Waals surface area contributed by atoms with Gasteiger partial charge in [0.25, 0.3) is 5.69 Å². The van der Waals surface area contributed by atoms with E-state index in [2.05, 4.69) is 4.98 Å². The summed E-state index contributed by atoms with van der Waals surface area (Å²) in [6, 6.07) is 11.9. The van der Waals surface area contributed by atoms with Gasteiger partial charge in [0.15, 0.2) is 0 Å². The largest absolute Gasteiger partial charge is 0.269 e. The van der Waals surface area contributed by atoms with Gasteiger partial charge in [-0.15, -0.1) is 0 Å². The molecule has 2 rings (SSSR count). The van der Waals surface area contributed by atoms with Crippen LogP contribution in [0.2, 0.25) is 0 Å². The quantitative estimate of drug-likeness (QED) is 0.608. The van der Waals surface area contributed by atoms with Crippen LogP contribution in [0.25, 0.3) is 0 Å². The number of hydrogen-bond donors (Lipinski definition) is 0. The van der Waals surface area contributed by atoms with E-state index in [0.29, 0.717) is 12.1 Å². The zero-order chi connectivity index (χ0) is 13.0. The first-order chi connectivity index (χ1) is 8.69.